The first kappa shape index (κ1) is 18.0. The Kier molecular flexibility index (Phi) is 5.94. The van der Waals surface area contributed by atoms with Gasteiger partial charge < -0.3 is 15.2 Å². The van der Waals surface area contributed by atoms with Crippen LogP contribution in [-0.4, -0.2) is 29.4 Å². The number of hydrogen-bond donors (Lipinski definition) is 2. The summed E-state index contributed by atoms with van der Waals surface area (Å²) < 4.78 is 4.92. The Morgan fingerprint density at radius 1 is 1.25 bits per heavy atom. The average Bonchev–Trinajstić information content (AvgIpc) is 2.99. The molecule has 24 heavy (non-hydrogen) atoms. The van der Waals surface area contributed by atoms with Gasteiger partial charge in [-0.3, -0.25) is 9.59 Å². The molecule has 0 saturated heterocycles. The van der Waals surface area contributed by atoms with Crippen LogP contribution in [0.4, 0.5) is 0 Å². The highest BCUT2D eigenvalue weighted by Crippen LogP contribution is 2.23. The predicted molar refractivity (Wildman–Crippen MR) is 89.6 cm³/mol. The maximum Gasteiger partial charge on any atom is 0.342 e. The molecule has 0 unspecified atom stereocenters. The van der Waals surface area contributed by atoms with Crippen LogP contribution in [0.3, 0.4) is 0 Å². The number of nitrogens with one attached hydrogen (secondary N) is 1. The summed E-state index contributed by atoms with van der Waals surface area (Å²) in [6.45, 7) is 1.30. The number of carbonyl (C=O) groups is 3. The molecule has 0 aliphatic heterocycles. The normalized spacial score (nSPS) is 10.2. The lowest BCUT2D eigenvalue weighted by atomic mass is 10.2. The van der Waals surface area contributed by atoms with Crippen LogP contribution in [0, 0.1) is 0 Å². The SMILES string of the molecule is CC(=O)NCc1ccc(C(=O)COC(=O)c2ccc(Cl)cc2O)s1. The summed E-state index contributed by atoms with van der Waals surface area (Å²) >= 11 is 6.90. The number of aromatic hydroxyl groups is 1. The van der Waals surface area contributed by atoms with Crippen LogP contribution in [0.15, 0.2) is 30.3 Å². The summed E-state index contributed by atoms with van der Waals surface area (Å²) in [5.41, 5.74) is -0.0651. The maximum atomic E-state index is 12.0. The van der Waals surface area contributed by atoms with Crippen molar-refractivity contribution in [3.05, 3.63) is 50.7 Å². The van der Waals surface area contributed by atoms with Gasteiger partial charge in [0.15, 0.2) is 6.61 Å². The van der Waals surface area contributed by atoms with E-state index in [-0.39, 0.29) is 28.0 Å². The molecule has 2 N–H and O–H groups in total. The number of esters is 1. The highest BCUT2D eigenvalue weighted by atomic mass is 35.5. The van der Waals surface area contributed by atoms with Gasteiger partial charge in [0.1, 0.15) is 11.3 Å². The number of ketones is 1. The van der Waals surface area contributed by atoms with Crippen molar-refractivity contribution in [2.24, 2.45) is 0 Å². The lowest BCUT2D eigenvalue weighted by molar-refractivity contribution is -0.119. The van der Waals surface area contributed by atoms with Gasteiger partial charge in [-0.1, -0.05) is 11.6 Å². The molecule has 6 nitrogen and oxygen atoms in total. The number of carbonyl (C=O) groups excluding carboxylic acids is 3. The Balaban J connectivity index is 1.93. The number of ether oxygens (including phenoxy) is 1. The molecule has 0 fully saturated rings. The Morgan fingerprint density at radius 2 is 2.00 bits per heavy atom. The Bertz CT molecular complexity index is 787. The van der Waals surface area contributed by atoms with E-state index in [1.807, 2.05) is 0 Å². The second-order valence-electron chi connectivity index (χ2n) is 4.84. The lowest BCUT2D eigenvalue weighted by Gasteiger charge is -2.05. The zero-order valence-electron chi connectivity index (χ0n) is 12.7. The van der Waals surface area contributed by atoms with Crippen molar-refractivity contribution in [2.45, 2.75) is 13.5 Å². The van der Waals surface area contributed by atoms with E-state index in [0.29, 0.717) is 11.4 Å². The van der Waals surface area contributed by atoms with Gasteiger partial charge in [-0.15, -0.1) is 11.3 Å². The maximum absolute atomic E-state index is 12.0. The Hall–Kier alpha value is -2.38. The van der Waals surface area contributed by atoms with Gasteiger partial charge in [0.2, 0.25) is 11.7 Å². The van der Waals surface area contributed by atoms with Gasteiger partial charge in [-0.25, -0.2) is 4.79 Å². The largest absolute Gasteiger partial charge is 0.507 e. The van der Waals surface area contributed by atoms with Crippen LogP contribution >= 0.6 is 22.9 Å². The summed E-state index contributed by atoms with van der Waals surface area (Å²) in [6, 6.07) is 7.31. The van der Waals surface area contributed by atoms with Crippen molar-refractivity contribution in [1.82, 2.24) is 5.32 Å². The van der Waals surface area contributed by atoms with Gasteiger partial charge in [0.25, 0.3) is 0 Å². The molecule has 8 heteroatoms. The van der Waals surface area contributed by atoms with Gasteiger partial charge >= 0.3 is 5.97 Å². The smallest absolute Gasteiger partial charge is 0.342 e. The zero-order chi connectivity index (χ0) is 17.7. The first-order chi connectivity index (χ1) is 11.4. The van der Waals surface area contributed by atoms with E-state index < -0.39 is 12.6 Å². The fourth-order valence-corrected chi connectivity index (χ4v) is 2.83. The Labute approximate surface area is 147 Å². The fraction of sp³-hybridized carbons (Fsp3) is 0.188. The van der Waals surface area contributed by atoms with E-state index in [4.69, 9.17) is 16.3 Å². The number of halogens is 1. The number of amides is 1. The second kappa shape index (κ2) is 7.94. The fourth-order valence-electron chi connectivity index (χ4n) is 1.79. The summed E-state index contributed by atoms with van der Waals surface area (Å²) in [4.78, 5) is 36.0. The van der Waals surface area contributed by atoms with Crippen molar-refractivity contribution >= 4 is 40.6 Å². The van der Waals surface area contributed by atoms with Crippen LogP contribution in [0.1, 0.15) is 31.8 Å². The van der Waals surface area contributed by atoms with E-state index in [1.54, 1.807) is 12.1 Å². The lowest BCUT2D eigenvalue weighted by Crippen LogP contribution is -2.18. The zero-order valence-corrected chi connectivity index (χ0v) is 14.2. The van der Waals surface area contributed by atoms with E-state index in [9.17, 15) is 19.5 Å². The number of phenols is 1. The Morgan fingerprint density at radius 3 is 2.67 bits per heavy atom. The molecule has 0 radical (unpaired) electrons. The third-order valence-electron chi connectivity index (χ3n) is 2.96. The van der Waals surface area contributed by atoms with Crippen molar-refractivity contribution in [3.63, 3.8) is 0 Å². The van der Waals surface area contributed by atoms with E-state index >= 15 is 0 Å². The van der Waals surface area contributed by atoms with Crippen LogP contribution in [0.25, 0.3) is 0 Å². The molecule has 0 atom stereocenters. The molecular formula is C16H14ClNO5S. The molecular weight excluding hydrogens is 354 g/mol. The number of benzene rings is 1. The number of Topliss-reactive ketones (excluding diaryl/α,β-unsaturated/α-hetero) is 1. The van der Waals surface area contributed by atoms with E-state index in [1.165, 1.54) is 36.5 Å². The minimum atomic E-state index is -0.812. The third kappa shape index (κ3) is 4.81. The monoisotopic (exact) mass is 367 g/mol. The van der Waals surface area contributed by atoms with Gasteiger partial charge in [0.05, 0.1) is 11.4 Å². The third-order valence-corrected chi connectivity index (χ3v) is 4.32. The second-order valence-corrected chi connectivity index (χ2v) is 6.44. The van der Waals surface area contributed by atoms with E-state index in [2.05, 4.69) is 5.32 Å². The molecule has 0 aliphatic rings. The molecule has 1 aromatic carbocycles. The minimum Gasteiger partial charge on any atom is -0.507 e. The van der Waals surface area contributed by atoms with Crippen LogP contribution in [0.2, 0.25) is 5.02 Å². The minimum absolute atomic E-state index is 0.0651. The van der Waals surface area contributed by atoms with Gasteiger partial charge in [0, 0.05) is 16.8 Å². The molecule has 126 valence electrons. The first-order valence-corrected chi connectivity index (χ1v) is 8.08. The summed E-state index contributed by atoms with van der Waals surface area (Å²) in [5, 5.41) is 12.6. The van der Waals surface area contributed by atoms with E-state index in [0.717, 1.165) is 4.88 Å². The van der Waals surface area contributed by atoms with Crippen LogP contribution in [0.5, 0.6) is 5.75 Å². The quantitative estimate of drug-likeness (QED) is 0.605. The van der Waals surface area contributed by atoms with Crippen molar-refractivity contribution in [2.75, 3.05) is 6.61 Å². The summed E-state index contributed by atoms with van der Waals surface area (Å²) in [7, 11) is 0. The van der Waals surface area contributed by atoms with Gasteiger partial charge in [-0.05, 0) is 30.3 Å². The molecule has 1 amide bonds. The molecule has 0 aliphatic carbocycles. The predicted octanol–water partition coefficient (Wildman–Crippen LogP) is 2.78. The summed E-state index contributed by atoms with van der Waals surface area (Å²) in [5.74, 6) is -1.65. The molecule has 1 heterocycles. The number of thiophene rings is 1. The first-order valence-electron chi connectivity index (χ1n) is 6.89. The van der Waals surface area contributed by atoms with Crippen LogP contribution < -0.4 is 5.32 Å². The standard InChI is InChI=1S/C16H14ClNO5S/c1-9(19)18-7-11-3-5-15(24-11)14(21)8-23-16(22)12-4-2-10(17)6-13(12)20/h2-6,20H,7-8H2,1H3,(H,18,19). The van der Waals surface area contributed by atoms with Crippen molar-refractivity contribution in [3.8, 4) is 5.75 Å². The summed E-state index contributed by atoms with van der Waals surface area (Å²) in [6.07, 6.45) is 0. The number of hydrogen-bond acceptors (Lipinski definition) is 6. The van der Waals surface area contributed by atoms with Crippen molar-refractivity contribution in [1.29, 1.82) is 0 Å². The molecule has 2 aromatic rings. The number of phenolic OH excluding ortho intramolecular Hbond substituents is 1. The molecule has 0 spiro atoms. The molecule has 0 saturated carbocycles. The van der Waals surface area contributed by atoms with Crippen molar-refractivity contribution < 1.29 is 24.2 Å². The highest BCUT2D eigenvalue weighted by Gasteiger charge is 2.16. The molecule has 0 bridgehead atoms. The highest BCUT2D eigenvalue weighted by molar-refractivity contribution is 7.14. The number of rotatable bonds is 6. The molecule has 2 rings (SSSR count). The molecule has 1 aromatic heterocycles. The van der Waals surface area contributed by atoms with Gasteiger partial charge in [-0.2, -0.15) is 0 Å². The topological polar surface area (TPSA) is 92.7 Å². The van der Waals surface area contributed by atoms with Crippen LogP contribution in [-0.2, 0) is 16.1 Å². The average molecular weight is 368 g/mol.